The number of carbonyl (C=O) groups excluding carboxylic acids is 1. The van der Waals surface area contributed by atoms with E-state index in [1.807, 2.05) is 0 Å². The topological polar surface area (TPSA) is 78.3 Å². The Hall–Kier alpha value is -3.49. The van der Waals surface area contributed by atoms with E-state index >= 15 is 0 Å². The Kier molecular flexibility index (Phi) is 6.72. The molecule has 0 saturated carbocycles. The third-order valence-electron chi connectivity index (χ3n) is 3.86. The summed E-state index contributed by atoms with van der Waals surface area (Å²) in [6, 6.07) is 10.3. The molecule has 0 unspecified atom stereocenters. The van der Waals surface area contributed by atoms with E-state index in [2.05, 4.69) is 15.6 Å². The molecule has 1 N–H and O–H groups in total. The van der Waals surface area contributed by atoms with Crippen LogP contribution in [-0.2, 0) is 11.3 Å². The Bertz CT molecular complexity index is 978. The molecule has 1 aromatic heterocycles. The summed E-state index contributed by atoms with van der Waals surface area (Å²) in [7, 11) is 0. The lowest BCUT2D eigenvalue weighted by Gasteiger charge is -2.07. The maximum Gasteiger partial charge on any atom is 0.241 e. The van der Waals surface area contributed by atoms with Crippen molar-refractivity contribution in [3.05, 3.63) is 60.3 Å². The highest BCUT2D eigenvalue weighted by atomic mass is 19.1. The van der Waals surface area contributed by atoms with Gasteiger partial charge in [-0.2, -0.15) is 0 Å². The number of halogens is 2. The van der Waals surface area contributed by atoms with Crippen LogP contribution >= 0.6 is 0 Å². The second-order valence-corrected chi connectivity index (χ2v) is 6.04. The van der Waals surface area contributed by atoms with Gasteiger partial charge < -0.3 is 14.8 Å². The minimum atomic E-state index is -0.491. The van der Waals surface area contributed by atoms with Crippen LogP contribution in [0.1, 0.15) is 6.92 Å². The first-order chi connectivity index (χ1) is 14.0. The summed E-state index contributed by atoms with van der Waals surface area (Å²) in [5, 5.41) is 10.5. The van der Waals surface area contributed by atoms with Crippen molar-refractivity contribution in [1.82, 2.24) is 20.3 Å². The second kappa shape index (κ2) is 9.63. The molecule has 152 valence electrons. The van der Waals surface area contributed by atoms with Crippen molar-refractivity contribution in [2.24, 2.45) is 0 Å². The zero-order chi connectivity index (χ0) is 20.6. The first-order valence-electron chi connectivity index (χ1n) is 9.03. The van der Waals surface area contributed by atoms with Crippen LogP contribution in [0.25, 0.3) is 11.3 Å². The first kappa shape index (κ1) is 20.2. The Morgan fingerprint density at radius 1 is 1.17 bits per heavy atom. The Morgan fingerprint density at radius 2 is 2.03 bits per heavy atom. The maximum atomic E-state index is 14.0. The molecule has 1 heterocycles. The number of nitrogens with zero attached hydrogens (tertiary/aromatic N) is 3. The van der Waals surface area contributed by atoms with Gasteiger partial charge in [0.05, 0.1) is 19.3 Å². The number of hydrogen-bond acceptors (Lipinski definition) is 5. The van der Waals surface area contributed by atoms with Crippen molar-refractivity contribution >= 4 is 5.91 Å². The van der Waals surface area contributed by atoms with Gasteiger partial charge in [-0.25, -0.2) is 13.5 Å². The summed E-state index contributed by atoms with van der Waals surface area (Å²) in [6.07, 6.45) is 1.55. The molecule has 2 aromatic carbocycles. The smallest absolute Gasteiger partial charge is 0.241 e. The molecular weight excluding hydrogens is 382 g/mol. The van der Waals surface area contributed by atoms with Crippen molar-refractivity contribution in [1.29, 1.82) is 0 Å². The Balaban J connectivity index is 1.48. The standard InChI is InChI=1S/C20H20F2N4O3/c1-2-28-19-7-6-14(10-17(19)22)18-12-26(25-24-18)13-20(27)23-8-9-29-16-5-3-4-15(21)11-16/h3-7,10-12H,2,8-9,13H2,1H3,(H,23,27). The largest absolute Gasteiger partial charge is 0.492 e. The number of hydrogen-bond donors (Lipinski definition) is 1. The number of carbonyl (C=O) groups is 1. The van der Waals surface area contributed by atoms with Gasteiger partial charge in [0.2, 0.25) is 5.91 Å². The van der Waals surface area contributed by atoms with Gasteiger partial charge in [0.15, 0.2) is 11.6 Å². The molecule has 1 amide bonds. The van der Waals surface area contributed by atoms with Gasteiger partial charge in [-0.15, -0.1) is 5.10 Å². The molecule has 29 heavy (non-hydrogen) atoms. The first-order valence-corrected chi connectivity index (χ1v) is 9.03. The Labute approximate surface area is 166 Å². The maximum absolute atomic E-state index is 14.0. The van der Waals surface area contributed by atoms with Crippen molar-refractivity contribution < 1.29 is 23.0 Å². The van der Waals surface area contributed by atoms with Gasteiger partial charge in [0.25, 0.3) is 0 Å². The summed E-state index contributed by atoms with van der Waals surface area (Å²) in [6.45, 7) is 2.54. The summed E-state index contributed by atoms with van der Waals surface area (Å²) in [4.78, 5) is 12.0. The number of nitrogens with one attached hydrogen (secondary N) is 1. The quantitative estimate of drug-likeness (QED) is 0.557. The van der Waals surface area contributed by atoms with Gasteiger partial charge in [-0.1, -0.05) is 11.3 Å². The van der Waals surface area contributed by atoms with E-state index in [-0.39, 0.29) is 37.2 Å². The predicted octanol–water partition coefficient (Wildman–Crippen LogP) is 2.82. The Morgan fingerprint density at radius 3 is 2.79 bits per heavy atom. The fourth-order valence-electron chi connectivity index (χ4n) is 2.56. The van der Waals surface area contributed by atoms with Gasteiger partial charge in [-0.05, 0) is 37.3 Å². The second-order valence-electron chi connectivity index (χ2n) is 6.04. The SMILES string of the molecule is CCOc1ccc(-c2cn(CC(=O)NCCOc3cccc(F)c3)nn2)cc1F. The zero-order valence-electron chi connectivity index (χ0n) is 15.8. The van der Waals surface area contributed by atoms with Crippen LogP contribution in [0.3, 0.4) is 0 Å². The van der Waals surface area contributed by atoms with Crippen LogP contribution in [0.5, 0.6) is 11.5 Å². The molecule has 0 fully saturated rings. The number of amides is 1. The van der Waals surface area contributed by atoms with Crippen molar-refractivity contribution in [2.45, 2.75) is 13.5 Å². The molecular formula is C20H20F2N4O3. The zero-order valence-corrected chi connectivity index (χ0v) is 15.8. The lowest BCUT2D eigenvalue weighted by molar-refractivity contribution is -0.121. The van der Waals surface area contributed by atoms with Crippen LogP contribution in [0.2, 0.25) is 0 Å². The average molecular weight is 402 g/mol. The summed E-state index contributed by atoms with van der Waals surface area (Å²) in [5.41, 5.74) is 0.968. The summed E-state index contributed by atoms with van der Waals surface area (Å²) in [5.74, 6) is -0.607. The number of benzene rings is 2. The minimum Gasteiger partial charge on any atom is -0.492 e. The monoisotopic (exact) mass is 402 g/mol. The normalized spacial score (nSPS) is 10.6. The third kappa shape index (κ3) is 5.74. The van der Waals surface area contributed by atoms with Crippen LogP contribution in [0, 0.1) is 11.6 Å². The molecule has 0 bridgehead atoms. The van der Waals surface area contributed by atoms with E-state index < -0.39 is 5.82 Å². The molecule has 0 atom stereocenters. The van der Waals surface area contributed by atoms with Crippen LogP contribution in [0.4, 0.5) is 8.78 Å². The van der Waals surface area contributed by atoms with Gasteiger partial charge in [0.1, 0.15) is 30.4 Å². The van der Waals surface area contributed by atoms with Crippen molar-refractivity contribution in [2.75, 3.05) is 19.8 Å². The predicted molar refractivity (Wildman–Crippen MR) is 101 cm³/mol. The van der Waals surface area contributed by atoms with Crippen molar-refractivity contribution in [3.63, 3.8) is 0 Å². The molecule has 9 heteroatoms. The summed E-state index contributed by atoms with van der Waals surface area (Å²) >= 11 is 0. The highest BCUT2D eigenvalue weighted by Gasteiger charge is 2.10. The molecule has 0 aliphatic heterocycles. The van der Waals surface area contributed by atoms with Crippen molar-refractivity contribution in [3.8, 4) is 22.8 Å². The van der Waals surface area contributed by atoms with Gasteiger partial charge in [-0.3, -0.25) is 4.79 Å². The summed E-state index contributed by atoms with van der Waals surface area (Å²) < 4.78 is 38.9. The van der Waals surface area contributed by atoms with E-state index in [0.29, 0.717) is 23.6 Å². The molecule has 0 aliphatic rings. The molecule has 3 aromatic rings. The lowest BCUT2D eigenvalue weighted by Crippen LogP contribution is -2.31. The molecule has 0 spiro atoms. The van der Waals surface area contributed by atoms with Gasteiger partial charge in [0, 0.05) is 11.6 Å². The van der Waals surface area contributed by atoms with Crippen LogP contribution in [-0.4, -0.2) is 40.7 Å². The molecule has 0 saturated heterocycles. The van der Waals surface area contributed by atoms with Gasteiger partial charge >= 0.3 is 0 Å². The minimum absolute atomic E-state index is 0.0491. The van der Waals surface area contributed by atoms with E-state index in [1.165, 1.54) is 28.9 Å². The highest BCUT2D eigenvalue weighted by Crippen LogP contribution is 2.24. The van der Waals surface area contributed by atoms with E-state index in [4.69, 9.17) is 9.47 Å². The van der Waals surface area contributed by atoms with Crippen LogP contribution < -0.4 is 14.8 Å². The molecule has 7 nitrogen and oxygen atoms in total. The fourth-order valence-corrected chi connectivity index (χ4v) is 2.56. The van der Waals surface area contributed by atoms with E-state index in [9.17, 15) is 13.6 Å². The molecule has 0 radical (unpaired) electrons. The fraction of sp³-hybridized carbons (Fsp3) is 0.250. The van der Waals surface area contributed by atoms with Crippen LogP contribution in [0.15, 0.2) is 48.7 Å². The number of rotatable bonds is 9. The number of aromatic nitrogens is 3. The third-order valence-corrected chi connectivity index (χ3v) is 3.86. The molecule has 0 aliphatic carbocycles. The van der Waals surface area contributed by atoms with E-state index in [0.717, 1.165) is 0 Å². The lowest BCUT2D eigenvalue weighted by atomic mass is 10.1. The number of ether oxygens (including phenoxy) is 2. The molecule has 3 rings (SSSR count). The highest BCUT2D eigenvalue weighted by molar-refractivity contribution is 5.75. The van der Waals surface area contributed by atoms with E-state index in [1.54, 1.807) is 31.3 Å². The average Bonchev–Trinajstić information content (AvgIpc) is 3.15.